The number of aliphatic imine (C=N–C) groups is 1. The number of nitrogens with zero attached hydrogens (tertiary/aromatic N) is 2. The number of ether oxygens (including phenoxy) is 1. The van der Waals surface area contributed by atoms with Crippen LogP contribution in [0.5, 0.6) is 11.5 Å². The van der Waals surface area contributed by atoms with E-state index in [9.17, 15) is 22.8 Å². The highest BCUT2D eigenvalue weighted by Crippen LogP contribution is 2.37. The first-order valence-electron chi connectivity index (χ1n) is 11.3. The lowest BCUT2D eigenvalue weighted by molar-refractivity contribution is -0.137. The van der Waals surface area contributed by atoms with Gasteiger partial charge in [-0.15, -0.1) is 0 Å². The van der Waals surface area contributed by atoms with E-state index in [1.165, 1.54) is 12.3 Å². The molecule has 5 nitrogen and oxygen atoms in total. The number of carbonyl (C=O) groups excluding carboxylic acids is 2. The maximum absolute atomic E-state index is 13.2. The number of halogens is 4. The number of hydrogen-bond acceptors (Lipinski definition) is 5. The van der Waals surface area contributed by atoms with Crippen LogP contribution < -0.4 is 4.74 Å². The number of ketones is 2. The molecular formula is C28H18ClF3N2O3. The molecule has 0 N–H and O–H groups in total. The summed E-state index contributed by atoms with van der Waals surface area (Å²) in [5, 5.41) is 1.12. The van der Waals surface area contributed by atoms with Crippen LogP contribution in [0.25, 0.3) is 10.8 Å². The van der Waals surface area contributed by atoms with Crippen molar-refractivity contribution in [3.05, 3.63) is 94.1 Å². The predicted octanol–water partition coefficient (Wildman–Crippen LogP) is 6.88. The van der Waals surface area contributed by atoms with E-state index in [1.54, 1.807) is 24.4 Å². The second-order valence-corrected chi connectivity index (χ2v) is 8.99. The lowest BCUT2D eigenvalue weighted by Crippen LogP contribution is -2.11. The average molecular weight is 523 g/mol. The van der Waals surface area contributed by atoms with Gasteiger partial charge in [0.1, 0.15) is 17.3 Å². The topological polar surface area (TPSA) is 68.6 Å². The fourth-order valence-electron chi connectivity index (χ4n) is 4.29. The van der Waals surface area contributed by atoms with Gasteiger partial charge in [-0.1, -0.05) is 48.0 Å². The van der Waals surface area contributed by atoms with Gasteiger partial charge < -0.3 is 4.74 Å². The van der Waals surface area contributed by atoms with Crippen LogP contribution in [0.4, 0.5) is 19.0 Å². The number of hydrogen-bond donors (Lipinski definition) is 0. The van der Waals surface area contributed by atoms with Gasteiger partial charge in [0.25, 0.3) is 0 Å². The number of alkyl halides is 3. The zero-order chi connectivity index (χ0) is 26.2. The van der Waals surface area contributed by atoms with Crippen molar-refractivity contribution in [2.45, 2.75) is 25.4 Å². The molecule has 0 radical (unpaired) electrons. The van der Waals surface area contributed by atoms with Gasteiger partial charge in [-0.05, 0) is 40.8 Å². The Morgan fingerprint density at radius 1 is 0.973 bits per heavy atom. The standard InChI is InChI=1S/C28H18ClF3N2O3/c29-24-7-5-16(12-23(24)28(30,31)32)11-18(35)13-17-6-8-25(21-4-2-1-3-20(17)21)37-26-9-10-33-27-22(26)14-19(36)15-34-27/h1-10,12,15H,11,13-14H2. The summed E-state index contributed by atoms with van der Waals surface area (Å²) in [5.41, 5.74) is 0.594. The molecule has 2 heterocycles. The third-order valence-corrected chi connectivity index (χ3v) is 6.32. The maximum atomic E-state index is 13.2. The molecule has 1 aromatic heterocycles. The molecule has 1 aliphatic heterocycles. The van der Waals surface area contributed by atoms with Crippen LogP contribution in [0.1, 0.15) is 22.3 Å². The summed E-state index contributed by atoms with van der Waals surface area (Å²) < 4.78 is 45.7. The van der Waals surface area contributed by atoms with Crippen molar-refractivity contribution in [1.29, 1.82) is 0 Å². The van der Waals surface area contributed by atoms with E-state index in [0.29, 0.717) is 22.9 Å². The minimum absolute atomic E-state index is 0.0264. The van der Waals surface area contributed by atoms with Crippen LogP contribution in [0.15, 0.2) is 71.9 Å². The summed E-state index contributed by atoms with van der Waals surface area (Å²) >= 11 is 5.69. The molecule has 0 spiro atoms. The van der Waals surface area contributed by atoms with Crippen molar-refractivity contribution < 1.29 is 27.5 Å². The second-order valence-electron chi connectivity index (χ2n) is 8.59. The predicted molar refractivity (Wildman–Crippen MR) is 134 cm³/mol. The Morgan fingerprint density at radius 2 is 1.76 bits per heavy atom. The second kappa shape index (κ2) is 9.78. The molecule has 0 atom stereocenters. The third kappa shape index (κ3) is 5.24. The molecular weight excluding hydrogens is 505 g/mol. The highest BCUT2D eigenvalue weighted by atomic mass is 35.5. The van der Waals surface area contributed by atoms with Gasteiger partial charge in [0.2, 0.25) is 0 Å². The van der Waals surface area contributed by atoms with Crippen molar-refractivity contribution in [3.8, 4) is 11.5 Å². The minimum Gasteiger partial charge on any atom is -0.456 e. The number of rotatable bonds is 6. The number of benzene rings is 3. The zero-order valence-corrected chi connectivity index (χ0v) is 19.9. The zero-order valence-electron chi connectivity index (χ0n) is 19.2. The lowest BCUT2D eigenvalue weighted by atomic mass is 9.96. The van der Waals surface area contributed by atoms with Crippen LogP contribution in [0.3, 0.4) is 0 Å². The molecule has 0 amide bonds. The van der Waals surface area contributed by atoms with Crippen LogP contribution in [-0.2, 0) is 35.0 Å². The number of carbonyl (C=O) groups is 2. The van der Waals surface area contributed by atoms with E-state index in [-0.39, 0.29) is 36.4 Å². The Balaban J connectivity index is 1.41. The largest absolute Gasteiger partial charge is 0.456 e. The summed E-state index contributed by atoms with van der Waals surface area (Å²) in [7, 11) is 0. The van der Waals surface area contributed by atoms with Crippen LogP contribution in [0.2, 0.25) is 5.02 Å². The molecule has 0 unspecified atom stereocenters. The van der Waals surface area contributed by atoms with Gasteiger partial charge in [-0.2, -0.15) is 13.2 Å². The molecule has 0 saturated heterocycles. The Morgan fingerprint density at radius 3 is 2.54 bits per heavy atom. The highest BCUT2D eigenvalue weighted by Gasteiger charge is 2.33. The van der Waals surface area contributed by atoms with E-state index < -0.39 is 16.8 Å². The van der Waals surface area contributed by atoms with Gasteiger partial charge in [0.15, 0.2) is 11.6 Å². The molecule has 9 heteroatoms. The van der Waals surface area contributed by atoms with Gasteiger partial charge >= 0.3 is 6.18 Å². The van der Waals surface area contributed by atoms with Gasteiger partial charge in [0, 0.05) is 36.4 Å². The van der Waals surface area contributed by atoms with Gasteiger partial charge in [-0.25, -0.2) is 9.98 Å². The first kappa shape index (κ1) is 24.6. The number of aromatic nitrogens is 1. The third-order valence-electron chi connectivity index (χ3n) is 5.99. The van der Waals surface area contributed by atoms with Gasteiger partial charge in [0.05, 0.1) is 16.8 Å². The molecule has 186 valence electrons. The minimum atomic E-state index is -4.60. The molecule has 0 bridgehead atoms. The van der Waals surface area contributed by atoms with Gasteiger partial charge in [-0.3, -0.25) is 9.59 Å². The van der Waals surface area contributed by atoms with Crippen molar-refractivity contribution in [3.63, 3.8) is 0 Å². The van der Waals surface area contributed by atoms with E-state index in [2.05, 4.69) is 9.98 Å². The van der Waals surface area contributed by atoms with Crippen molar-refractivity contribution in [1.82, 2.24) is 4.98 Å². The van der Waals surface area contributed by atoms with Crippen LogP contribution >= 0.6 is 11.6 Å². The fourth-order valence-corrected chi connectivity index (χ4v) is 4.51. The van der Waals surface area contributed by atoms with Crippen molar-refractivity contribution in [2.75, 3.05) is 0 Å². The normalized spacial score (nSPS) is 13.0. The number of fused-ring (bicyclic) bond motifs is 2. The Kier molecular flexibility index (Phi) is 6.52. The van der Waals surface area contributed by atoms with E-state index in [4.69, 9.17) is 16.3 Å². The summed E-state index contributed by atoms with van der Waals surface area (Å²) in [4.78, 5) is 33.0. The Hall–Kier alpha value is -4.04. The monoisotopic (exact) mass is 522 g/mol. The van der Waals surface area contributed by atoms with Crippen LogP contribution in [-0.4, -0.2) is 22.8 Å². The summed E-state index contributed by atoms with van der Waals surface area (Å²) in [6, 6.07) is 16.0. The molecule has 37 heavy (non-hydrogen) atoms. The molecule has 3 aromatic carbocycles. The van der Waals surface area contributed by atoms with E-state index >= 15 is 0 Å². The van der Waals surface area contributed by atoms with Crippen molar-refractivity contribution in [2.24, 2.45) is 4.99 Å². The Bertz CT molecular complexity index is 1580. The van der Waals surface area contributed by atoms with E-state index in [1.807, 2.05) is 24.3 Å². The van der Waals surface area contributed by atoms with E-state index in [0.717, 1.165) is 28.5 Å². The number of Topliss-reactive ketones (excluding diaryl/α,β-unsaturated/α-hetero) is 2. The first-order chi connectivity index (χ1) is 17.7. The molecule has 0 saturated carbocycles. The molecule has 4 aromatic rings. The highest BCUT2D eigenvalue weighted by molar-refractivity contribution is 6.31. The lowest BCUT2D eigenvalue weighted by Gasteiger charge is -2.16. The first-order valence-corrected chi connectivity index (χ1v) is 11.7. The maximum Gasteiger partial charge on any atom is 0.417 e. The summed E-state index contributed by atoms with van der Waals surface area (Å²) in [6.07, 6.45) is -1.81. The average Bonchev–Trinajstić information content (AvgIpc) is 2.86. The summed E-state index contributed by atoms with van der Waals surface area (Å²) in [6.45, 7) is 0. The van der Waals surface area contributed by atoms with Crippen LogP contribution in [0, 0.1) is 0 Å². The fraction of sp³-hybridized carbons (Fsp3) is 0.143. The summed E-state index contributed by atoms with van der Waals surface area (Å²) in [5.74, 6) is 1.03. The smallest absolute Gasteiger partial charge is 0.417 e. The molecule has 0 aliphatic carbocycles. The molecule has 1 aliphatic rings. The SMILES string of the molecule is O=C1C=Nc2nccc(Oc3ccc(CC(=O)Cc4ccc(Cl)c(C(F)(F)F)c4)c4ccccc34)c2C1. The Labute approximate surface area is 214 Å². The molecule has 5 rings (SSSR count). The molecule has 0 fully saturated rings. The quantitative estimate of drug-likeness (QED) is 0.277. The van der Waals surface area contributed by atoms with Crippen molar-refractivity contribution >= 4 is 46.0 Å². The number of pyridine rings is 1.